The molecule has 1 heterocycles. The minimum atomic E-state index is -4.27. The summed E-state index contributed by atoms with van der Waals surface area (Å²) in [7, 11) is 0. The second-order valence-corrected chi connectivity index (χ2v) is 4.86. The number of rotatable bonds is 4. The molecule has 1 aliphatic rings. The van der Waals surface area contributed by atoms with Gasteiger partial charge < -0.3 is 15.8 Å². The van der Waals surface area contributed by atoms with E-state index >= 15 is 0 Å². The van der Waals surface area contributed by atoms with Crippen molar-refractivity contribution >= 4 is 17.4 Å². The Morgan fingerprint density at radius 3 is 2.65 bits per heavy atom. The molecule has 0 unspecified atom stereocenters. The number of anilines is 2. The monoisotopic (exact) mass is 289 g/mol. The molecule has 2 rings (SSSR count). The molecule has 1 amide bonds. The lowest BCUT2D eigenvalue weighted by Crippen LogP contribution is -2.30. The number of hydrogen-bond acceptors (Lipinski definition) is 4. The van der Waals surface area contributed by atoms with Gasteiger partial charge in [-0.2, -0.15) is 13.2 Å². The quantitative estimate of drug-likeness (QED) is 0.892. The van der Waals surface area contributed by atoms with E-state index < -0.39 is 18.2 Å². The maximum atomic E-state index is 12.7. The Balaban J connectivity index is 2.02. The van der Waals surface area contributed by atoms with Gasteiger partial charge in [-0.25, -0.2) is 4.98 Å². The highest BCUT2D eigenvalue weighted by molar-refractivity contribution is 5.88. The van der Waals surface area contributed by atoms with Crippen molar-refractivity contribution in [1.29, 1.82) is 0 Å². The molecule has 0 saturated heterocycles. The number of amides is 1. The number of ether oxygens (including phenoxy) is 1. The minimum absolute atomic E-state index is 0.0633. The lowest BCUT2D eigenvalue weighted by Gasteiger charge is -2.20. The molecule has 1 fully saturated rings. The maximum Gasteiger partial charge on any atom is 0.397 e. The fourth-order valence-corrected chi connectivity index (χ4v) is 1.70. The van der Waals surface area contributed by atoms with Crippen molar-refractivity contribution in [2.45, 2.75) is 25.9 Å². The first-order chi connectivity index (χ1) is 9.23. The molecule has 0 atom stereocenters. The van der Waals surface area contributed by atoms with E-state index in [1.165, 1.54) is 19.2 Å². The molecule has 1 aliphatic carbocycles. The first kappa shape index (κ1) is 14.4. The predicted molar refractivity (Wildman–Crippen MR) is 66.2 cm³/mol. The van der Waals surface area contributed by atoms with Gasteiger partial charge >= 0.3 is 6.18 Å². The van der Waals surface area contributed by atoms with Crippen molar-refractivity contribution < 1.29 is 22.7 Å². The van der Waals surface area contributed by atoms with Crippen molar-refractivity contribution in [3.63, 3.8) is 0 Å². The van der Waals surface area contributed by atoms with Crippen LogP contribution in [0, 0.1) is 5.41 Å². The summed E-state index contributed by atoms with van der Waals surface area (Å²) >= 11 is 0. The van der Waals surface area contributed by atoms with Crippen LogP contribution >= 0.6 is 0 Å². The fourth-order valence-electron chi connectivity index (χ4n) is 1.70. The van der Waals surface area contributed by atoms with Crippen LogP contribution in [0.25, 0.3) is 0 Å². The molecule has 0 aliphatic heterocycles. The van der Waals surface area contributed by atoms with Crippen molar-refractivity contribution in [3.8, 4) is 5.75 Å². The fraction of sp³-hybridized carbons (Fsp3) is 0.500. The molecule has 0 radical (unpaired) electrons. The third-order valence-electron chi connectivity index (χ3n) is 3.16. The van der Waals surface area contributed by atoms with Gasteiger partial charge in [0.05, 0.1) is 11.9 Å². The highest BCUT2D eigenvalue weighted by Gasteiger charge is 2.63. The molecule has 0 spiro atoms. The number of carbonyl (C=O) groups excluding carboxylic acids is 1. The topological polar surface area (TPSA) is 77.2 Å². The summed E-state index contributed by atoms with van der Waals surface area (Å²) in [6, 6.07) is 1.34. The summed E-state index contributed by atoms with van der Waals surface area (Å²) in [5, 5.41) is 2.42. The number of aromatic nitrogens is 1. The number of hydrogen-bond donors (Lipinski definition) is 2. The van der Waals surface area contributed by atoms with Gasteiger partial charge in [-0.05, 0) is 12.8 Å². The zero-order valence-corrected chi connectivity index (χ0v) is 10.8. The number of carbonyl (C=O) groups is 1. The summed E-state index contributed by atoms with van der Waals surface area (Å²) < 4.78 is 43.3. The van der Waals surface area contributed by atoms with Crippen molar-refractivity contribution in [3.05, 3.63) is 12.3 Å². The molecule has 110 valence electrons. The standard InChI is InChI=1S/C12H14F3N3O2/c1-7(19)18-10-4-8(16)9(5-17-10)20-6-11(2-3-11)12(13,14)15/h4-5H,2-3,6H2,1H3,(H3,16,17,18,19). The van der Waals surface area contributed by atoms with Gasteiger partial charge in [-0.1, -0.05) is 0 Å². The van der Waals surface area contributed by atoms with Gasteiger partial charge in [0.25, 0.3) is 0 Å². The van der Waals surface area contributed by atoms with Crippen LogP contribution in [0.3, 0.4) is 0 Å². The number of halogens is 3. The third-order valence-corrected chi connectivity index (χ3v) is 3.16. The highest BCUT2D eigenvalue weighted by Crippen LogP contribution is 2.57. The number of nitrogens with two attached hydrogens (primary N) is 1. The molecule has 8 heteroatoms. The molecule has 1 aromatic rings. The number of nitrogens with one attached hydrogen (secondary N) is 1. The van der Waals surface area contributed by atoms with E-state index in [2.05, 4.69) is 10.3 Å². The number of nitrogens with zero attached hydrogens (tertiary/aromatic N) is 1. The summed E-state index contributed by atoms with van der Waals surface area (Å²) in [6.45, 7) is 0.838. The lowest BCUT2D eigenvalue weighted by molar-refractivity contribution is -0.194. The minimum Gasteiger partial charge on any atom is -0.489 e. The molecule has 3 N–H and O–H groups in total. The Kier molecular flexibility index (Phi) is 3.49. The SMILES string of the molecule is CC(=O)Nc1cc(N)c(OCC2(C(F)(F)F)CC2)cn1. The summed E-state index contributed by atoms with van der Waals surface area (Å²) in [5.74, 6) is -0.0199. The van der Waals surface area contributed by atoms with Gasteiger partial charge in [-0.15, -0.1) is 0 Å². The molecule has 0 bridgehead atoms. The largest absolute Gasteiger partial charge is 0.489 e. The predicted octanol–water partition coefficient (Wildman–Crippen LogP) is 2.34. The van der Waals surface area contributed by atoms with Crippen LogP contribution in [-0.2, 0) is 4.79 Å². The number of alkyl halides is 3. The molecule has 1 aromatic heterocycles. The lowest BCUT2D eigenvalue weighted by atomic mass is 10.1. The molecule has 1 saturated carbocycles. The summed E-state index contributed by atoms with van der Waals surface area (Å²) in [6.07, 6.45) is -2.94. The average Bonchev–Trinajstić information content (AvgIpc) is 3.07. The van der Waals surface area contributed by atoms with E-state index in [1.54, 1.807) is 0 Å². The van der Waals surface area contributed by atoms with Crippen LogP contribution in [-0.4, -0.2) is 23.7 Å². The number of nitrogen functional groups attached to an aromatic ring is 1. The van der Waals surface area contributed by atoms with Crippen LogP contribution in [0.1, 0.15) is 19.8 Å². The zero-order valence-electron chi connectivity index (χ0n) is 10.8. The Morgan fingerprint density at radius 2 is 2.20 bits per heavy atom. The summed E-state index contributed by atoms with van der Waals surface area (Å²) in [5.41, 5.74) is 4.03. The van der Waals surface area contributed by atoms with Gasteiger partial charge in [-0.3, -0.25) is 4.79 Å². The van der Waals surface area contributed by atoms with E-state index in [-0.39, 0.29) is 36.0 Å². The maximum absolute atomic E-state index is 12.7. The van der Waals surface area contributed by atoms with Crippen LogP contribution in [0.4, 0.5) is 24.7 Å². The van der Waals surface area contributed by atoms with E-state index in [0.717, 1.165) is 0 Å². The Hall–Kier alpha value is -1.99. The highest BCUT2D eigenvalue weighted by atomic mass is 19.4. The van der Waals surface area contributed by atoms with E-state index in [0.29, 0.717) is 0 Å². The van der Waals surface area contributed by atoms with E-state index in [9.17, 15) is 18.0 Å². The molecule has 0 aromatic carbocycles. The Labute approximate surface area is 113 Å². The van der Waals surface area contributed by atoms with Gasteiger partial charge in [0.15, 0.2) is 5.75 Å². The van der Waals surface area contributed by atoms with Crippen LogP contribution in [0.5, 0.6) is 5.75 Å². The van der Waals surface area contributed by atoms with Crippen molar-refractivity contribution in [1.82, 2.24) is 4.98 Å². The van der Waals surface area contributed by atoms with Gasteiger partial charge in [0.1, 0.15) is 17.8 Å². The van der Waals surface area contributed by atoms with Gasteiger partial charge in [0.2, 0.25) is 5.91 Å². The van der Waals surface area contributed by atoms with Crippen molar-refractivity contribution in [2.24, 2.45) is 5.41 Å². The third kappa shape index (κ3) is 2.94. The first-order valence-electron chi connectivity index (χ1n) is 5.96. The Morgan fingerprint density at radius 1 is 1.55 bits per heavy atom. The van der Waals surface area contributed by atoms with Crippen molar-refractivity contribution in [2.75, 3.05) is 17.7 Å². The second-order valence-electron chi connectivity index (χ2n) is 4.86. The molecule has 5 nitrogen and oxygen atoms in total. The second kappa shape index (κ2) is 4.84. The molecular formula is C12H14F3N3O2. The Bertz CT molecular complexity index is 527. The average molecular weight is 289 g/mol. The zero-order chi connectivity index (χ0) is 15.0. The summed E-state index contributed by atoms with van der Waals surface area (Å²) in [4.78, 5) is 14.7. The van der Waals surface area contributed by atoms with Crippen LogP contribution in [0.2, 0.25) is 0 Å². The van der Waals surface area contributed by atoms with Crippen LogP contribution < -0.4 is 15.8 Å². The van der Waals surface area contributed by atoms with E-state index in [4.69, 9.17) is 10.5 Å². The van der Waals surface area contributed by atoms with Crippen LogP contribution in [0.15, 0.2) is 12.3 Å². The number of pyridine rings is 1. The first-order valence-corrected chi connectivity index (χ1v) is 5.96. The van der Waals surface area contributed by atoms with E-state index in [1.807, 2.05) is 0 Å². The van der Waals surface area contributed by atoms with Gasteiger partial charge in [0, 0.05) is 13.0 Å². The molecular weight excluding hydrogens is 275 g/mol. The smallest absolute Gasteiger partial charge is 0.397 e. The normalized spacial score (nSPS) is 16.6. The molecule has 20 heavy (non-hydrogen) atoms.